The molecule has 0 radical (unpaired) electrons. The number of carbonyl (C=O) groups excluding carboxylic acids is 2. The molecule has 3 amide bonds. The summed E-state index contributed by atoms with van der Waals surface area (Å²) in [6, 6.07) is 19.5. The minimum Gasteiger partial charge on any atom is -0.371 e. The minimum absolute atomic E-state index is 0.166. The first kappa shape index (κ1) is 24.9. The van der Waals surface area contributed by atoms with Crippen molar-refractivity contribution >= 4 is 52.2 Å². The predicted octanol–water partition coefficient (Wildman–Crippen LogP) is 7.12. The summed E-state index contributed by atoms with van der Waals surface area (Å²) in [6.07, 6.45) is 3.36. The maximum absolute atomic E-state index is 13.4. The Morgan fingerprint density at radius 2 is 1.54 bits per heavy atom. The standard InChI is InChI=1S/C27H28Cl2N4O2/c1-18(19-9-4-2-5-10-19)30-26(34)21-17-20(13-14-24(21)33-15-6-3-7-16-33)31-27(35)32-25-22(28)11-8-12-23(25)29/h2,4-5,8-14,17-18H,3,6-7,15-16H2,1H3,(H,30,34)(H2,31,32,35). The summed E-state index contributed by atoms with van der Waals surface area (Å²) in [5.41, 5.74) is 3.22. The van der Waals surface area contributed by atoms with E-state index >= 15 is 0 Å². The highest BCUT2D eigenvalue weighted by molar-refractivity contribution is 6.39. The first-order valence-electron chi connectivity index (χ1n) is 11.7. The Balaban J connectivity index is 1.56. The molecule has 1 fully saturated rings. The molecule has 8 heteroatoms. The van der Waals surface area contributed by atoms with Gasteiger partial charge in [-0.25, -0.2) is 4.79 Å². The van der Waals surface area contributed by atoms with Gasteiger partial charge in [-0.1, -0.05) is 59.6 Å². The first-order chi connectivity index (χ1) is 16.9. The smallest absolute Gasteiger partial charge is 0.323 e. The minimum atomic E-state index is -0.505. The Kier molecular flexibility index (Phi) is 8.16. The van der Waals surface area contributed by atoms with Crippen LogP contribution in [0.25, 0.3) is 0 Å². The van der Waals surface area contributed by atoms with Gasteiger partial charge >= 0.3 is 6.03 Å². The zero-order chi connectivity index (χ0) is 24.8. The largest absolute Gasteiger partial charge is 0.371 e. The van der Waals surface area contributed by atoms with Crippen molar-refractivity contribution in [2.75, 3.05) is 28.6 Å². The van der Waals surface area contributed by atoms with Crippen LogP contribution < -0.4 is 20.9 Å². The van der Waals surface area contributed by atoms with E-state index in [0.717, 1.165) is 37.2 Å². The van der Waals surface area contributed by atoms with Crippen LogP contribution in [0, 0.1) is 0 Å². The molecule has 1 aliphatic rings. The van der Waals surface area contributed by atoms with Crippen LogP contribution in [0.5, 0.6) is 0 Å². The summed E-state index contributed by atoms with van der Waals surface area (Å²) in [6.45, 7) is 3.75. The zero-order valence-electron chi connectivity index (χ0n) is 19.5. The van der Waals surface area contributed by atoms with Crippen molar-refractivity contribution in [3.8, 4) is 0 Å². The molecule has 35 heavy (non-hydrogen) atoms. The van der Waals surface area contributed by atoms with Crippen LogP contribution in [0.3, 0.4) is 0 Å². The van der Waals surface area contributed by atoms with E-state index in [-0.39, 0.29) is 11.9 Å². The number of carbonyl (C=O) groups is 2. The number of urea groups is 1. The van der Waals surface area contributed by atoms with E-state index in [4.69, 9.17) is 23.2 Å². The molecule has 3 aromatic carbocycles. The van der Waals surface area contributed by atoms with Crippen molar-refractivity contribution in [1.82, 2.24) is 5.32 Å². The Hall–Kier alpha value is -3.22. The van der Waals surface area contributed by atoms with Gasteiger partial charge in [0.1, 0.15) is 0 Å². The lowest BCUT2D eigenvalue weighted by Gasteiger charge is -2.31. The summed E-state index contributed by atoms with van der Waals surface area (Å²) in [5.74, 6) is -0.194. The Labute approximate surface area is 215 Å². The summed E-state index contributed by atoms with van der Waals surface area (Å²) < 4.78 is 0. The molecular weight excluding hydrogens is 483 g/mol. The number of nitrogens with zero attached hydrogens (tertiary/aromatic N) is 1. The topological polar surface area (TPSA) is 73.5 Å². The summed E-state index contributed by atoms with van der Waals surface area (Å²) in [5, 5.41) is 9.24. The molecule has 0 aromatic heterocycles. The number of rotatable bonds is 6. The molecule has 1 unspecified atom stereocenters. The van der Waals surface area contributed by atoms with Gasteiger partial charge in [0.15, 0.2) is 0 Å². The summed E-state index contributed by atoms with van der Waals surface area (Å²) in [4.78, 5) is 28.3. The van der Waals surface area contributed by atoms with Crippen LogP contribution in [0.4, 0.5) is 21.9 Å². The average Bonchev–Trinajstić information content (AvgIpc) is 2.87. The van der Waals surface area contributed by atoms with Gasteiger partial charge in [-0.2, -0.15) is 0 Å². The summed E-state index contributed by atoms with van der Waals surface area (Å²) >= 11 is 12.3. The highest BCUT2D eigenvalue weighted by Crippen LogP contribution is 2.31. The van der Waals surface area contributed by atoms with Crippen LogP contribution in [0.1, 0.15) is 48.1 Å². The van der Waals surface area contributed by atoms with Gasteiger partial charge in [0.25, 0.3) is 5.91 Å². The SMILES string of the molecule is CC(NC(=O)c1cc(NC(=O)Nc2c(Cl)cccc2Cl)ccc1N1CCCCC1)c1ccccc1. The molecule has 0 bridgehead atoms. The van der Waals surface area contributed by atoms with Crippen LogP contribution in [-0.4, -0.2) is 25.0 Å². The highest BCUT2D eigenvalue weighted by atomic mass is 35.5. The third-order valence-electron chi connectivity index (χ3n) is 6.04. The van der Waals surface area contributed by atoms with Gasteiger partial charge in [-0.3, -0.25) is 4.79 Å². The van der Waals surface area contributed by atoms with Crippen molar-refractivity contribution in [1.29, 1.82) is 0 Å². The third kappa shape index (κ3) is 6.27. The van der Waals surface area contributed by atoms with Crippen LogP contribution in [-0.2, 0) is 0 Å². The van der Waals surface area contributed by atoms with Gasteiger partial charge in [0, 0.05) is 24.5 Å². The van der Waals surface area contributed by atoms with Crippen molar-refractivity contribution in [2.45, 2.75) is 32.2 Å². The third-order valence-corrected chi connectivity index (χ3v) is 6.67. The number of para-hydroxylation sites is 1. The monoisotopic (exact) mass is 510 g/mol. The van der Waals surface area contributed by atoms with E-state index in [0.29, 0.717) is 27.0 Å². The van der Waals surface area contributed by atoms with Crippen LogP contribution >= 0.6 is 23.2 Å². The van der Waals surface area contributed by atoms with E-state index in [1.807, 2.05) is 43.3 Å². The van der Waals surface area contributed by atoms with E-state index in [2.05, 4.69) is 20.9 Å². The second kappa shape index (κ2) is 11.5. The average molecular weight is 511 g/mol. The van der Waals surface area contributed by atoms with E-state index < -0.39 is 6.03 Å². The fourth-order valence-electron chi connectivity index (χ4n) is 4.20. The fourth-order valence-corrected chi connectivity index (χ4v) is 4.69. The molecule has 0 spiro atoms. The molecule has 1 saturated heterocycles. The van der Waals surface area contributed by atoms with E-state index in [9.17, 15) is 9.59 Å². The van der Waals surface area contributed by atoms with Crippen molar-refractivity contribution < 1.29 is 9.59 Å². The molecule has 6 nitrogen and oxygen atoms in total. The quantitative estimate of drug-likeness (QED) is 0.330. The molecule has 3 aromatic rings. The lowest BCUT2D eigenvalue weighted by molar-refractivity contribution is 0.0940. The number of hydrogen-bond donors (Lipinski definition) is 3. The van der Waals surface area contributed by atoms with Gasteiger partial charge < -0.3 is 20.9 Å². The molecule has 1 heterocycles. The van der Waals surface area contributed by atoms with Crippen molar-refractivity contribution in [2.24, 2.45) is 0 Å². The second-order valence-electron chi connectivity index (χ2n) is 8.56. The fraction of sp³-hybridized carbons (Fsp3) is 0.259. The predicted molar refractivity (Wildman–Crippen MR) is 144 cm³/mol. The molecular formula is C27H28Cl2N4O2. The normalized spacial score (nSPS) is 14.2. The van der Waals surface area contributed by atoms with Gasteiger partial charge in [-0.05, 0) is 62.1 Å². The number of piperidine rings is 1. The highest BCUT2D eigenvalue weighted by Gasteiger charge is 2.21. The number of halogens is 2. The van der Waals surface area contributed by atoms with Gasteiger partial charge in [0.05, 0.1) is 27.3 Å². The maximum Gasteiger partial charge on any atom is 0.323 e. The van der Waals surface area contributed by atoms with E-state index in [1.165, 1.54) is 6.42 Å². The number of benzene rings is 3. The molecule has 4 rings (SSSR count). The molecule has 182 valence electrons. The van der Waals surface area contributed by atoms with Crippen molar-refractivity contribution in [3.63, 3.8) is 0 Å². The number of anilines is 3. The maximum atomic E-state index is 13.4. The zero-order valence-corrected chi connectivity index (χ0v) is 21.0. The van der Waals surface area contributed by atoms with Crippen LogP contribution in [0.2, 0.25) is 10.0 Å². The Bertz CT molecular complexity index is 1180. The van der Waals surface area contributed by atoms with Gasteiger partial charge in [-0.15, -0.1) is 0 Å². The van der Waals surface area contributed by atoms with Gasteiger partial charge in [0.2, 0.25) is 0 Å². The Morgan fingerprint density at radius 1 is 0.857 bits per heavy atom. The number of nitrogens with one attached hydrogen (secondary N) is 3. The molecule has 1 aliphatic heterocycles. The van der Waals surface area contributed by atoms with E-state index in [1.54, 1.807) is 30.3 Å². The second-order valence-corrected chi connectivity index (χ2v) is 9.38. The number of amides is 3. The molecule has 1 atom stereocenters. The lowest BCUT2D eigenvalue weighted by atomic mass is 10.0. The first-order valence-corrected chi connectivity index (χ1v) is 12.4. The van der Waals surface area contributed by atoms with Crippen LogP contribution in [0.15, 0.2) is 66.7 Å². The number of hydrogen-bond acceptors (Lipinski definition) is 3. The summed E-state index contributed by atoms with van der Waals surface area (Å²) in [7, 11) is 0. The van der Waals surface area contributed by atoms with Crippen molar-refractivity contribution in [3.05, 3.63) is 87.9 Å². The molecule has 0 saturated carbocycles. The molecule has 3 N–H and O–H groups in total. The Morgan fingerprint density at radius 3 is 2.23 bits per heavy atom. The molecule has 0 aliphatic carbocycles. The lowest BCUT2D eigenvalue weighted by Crippen LogP contribution is -2.33.